The van der Waals surface area contributed by atoms with E-state index in [-0.39, 0.29) is 21.5 Å². The Morgan fingerprint density at radius 1 is 1.08 bits per heavy atom. The SMILES string of the molecule is O=C1NC(=S)N(c2ccccc2Cl)C(=O)/C1=C/c1ccc(O)c(Cl)c1. The van der Waals surface area contributed by atoms with Crippen LogP contribution in [0.3, 0.4) is 0 Å². The molecule has 0 saturated carbocycles. The third-order valence-electron chi connectivity index (χ3n) is 3.48. The highest BCUT2D eigenvalue weighted by Crippen LogP contribution is 2.29. The van der Waals surface area contributed by atoms with Crippen molar-refractivity contribution in [1.82, 2.24) is 5.32 Å². The Balaban J connectivity index is 2.05. The molecule has 3 rings (SSSR count). The molecule has 2 aromatic rings. The molecule has 2 aromatic carbocycles. The van der Waals surface area contributed by atoms with Crippen LogP contribution in [0, 0.1) is 0 Å². The second-order valence-corrected chi connectivity index (χ2v) is 6.32. The number of carbonyl (C=O) groups is 2. The maximum atomic E-state index is 12.8. The number of thiocarbonyl (C=S) groups is 1. The van der Waals surface area contributed by atoms with Crippen LogP contribution in [-0.4, -0.2) is 22.0 Å². The summed E-state index contributed by atoms with van der Waals surface area (Å²) in [6.45, 7) is 0. The Morgan fingerprint density at radius 2 is 1.80 bits per heavy atom. The number of para-hydroxylation sites is 1. The molecular formula is C17H10Cl2N2O3S. The molecule has 0 aromatic heterocycles. The van der Waals surface area contributed by atoms with Crippen molar-refractivity contribution in [2.45, 2.75) is 0 Å². The van der Waals surface area contributed by atoms with Crippen LogP contribution in [0.15, 0.2) is 48.0 Å². The number of benzene rings is 2. The lowest BCUT2D eigenvalue weighted by molar-refractivity contribution is -0.122. The fourth-order valence-corrected chi connectivity index (χ4v) is 2.97. The van der Waals surface area contributed by atoms with Crippen molar-refractivity contribution >= 4 is 64.1 Å². The Kier molecular flexibility index (Phi) is 4.76. The summed E-state index contributed by atoms with van der Waals surface area (Å²) in [5, 5.41) is 12.3. The molecular weight excluding hydrogens is 383 g/mol. The zero-order chi connectivity index (χ0) is 18.1. The molecule has 1 aliphatic heterocycles. The number of nitrogens with one attached hydrogen (secondary N) is 1. The minimum atomic E-state index is -0.623. The quantitative estimate of drug-likeness (QED) is 0.465. The molecule has 0 radical (unpaired) electrons. The van der Waals surface area contributed by atoms with Crippen molar-refractivity contribution in [2.75, 3.05) is 4.90 Å². The number of halogens is 2. The maximum Gasteiger partial charge on any atom is 0.270 e. The second-order valence-electron chi connectivity index (χ2n) is 5.12. The van der Waals surface area contributed by atoms with Crippen molar-refractivity contribution in [3.05, 3.63) is 63.6 Å². The molecule has 0 spiro atoms. The number of hydrogen-bond donors (Lipinski definition) is 2. The van der Waals surface area contributed by atoms with E-state index in [0.717, 1.165) is 4.90 Å². The van der Waals surface area contributed by atoms with Gasteiger partial charge in [0.25, 0.3) is 11.8 Å². The predicted octanol–water partition coefficient (Wildman–Crippen LogP) is 3.53. The fourth-order valence-electron chi connectivity index (χ4n) is 2.29. The third-order valence-corrected chi connectivity index (χ3v) is 4.38. The monoisotopic (exact) mass is 392 g/mol. The molecule has 0 aliphatic carbocycles. The molecule has 1 saturated heterocycles. The van der Waals surface area contributed by atoms with Crippen LogP contribution < -0.4 is 10.2 Å². The molecule has 2 N–H and O–H groups in total. The largest absolute Gasteiger partial charge is 0.506 e. The van der Waals surface area contributed by atoms with E-state index in [2.05, 4.69) is 5.32 Å². The lowest BCUT2D eigenvalue weighted by Gasteiger charge is -2.29. The van der Waals surface area contributed by atoms with Crippen molar-refractivity contribution in [3.8, 4) is 5.75 Å². The first kappa shape index (κ1) is 17.4. The molecule has 1 fully saturated rings. The standard InChI is InChI=1S/C17H10Cl2N2O3S/c18-11-3-1-2-4-13(11)21-16(24)10(15(23)20-17(21)25)7-9-5-6-14(22)12(19)8-9/h1-8,22H,(H,20,23,25)/b10-7+. The van der Waals surface area contributed by atoms with Gasteiger partial charge in [-0.3, -0.25) is 19.8 Å². The minimum absolute atomic E-state index is 0.0519. The first-order valence-electron chi connectivity index (χ1n) is 7.03. The van der Waals surface area contributed by atoms with Crippen LogP contribution in [0.1, 0.15) is 5.56 Å². The van der Waals surface area contributed by atoms with E-state index in [1.165, 1.54) is 24.3 Å². The Hall–Kier alpha value is -2.41. The van der Waals surface area contributed by atoms with Gasteiger partial charge >= 0.3 is 0 Å². The molecule has 25 heavy (non-hydrogen) atoms. The van der Waals surface area contributed by atoms with E-state index in [1.54, 1.807) is 24.3 Å². The molecule has 0 atom stereocenters. The second kappa shape index (κ2) is 6.84. The van der Waals surface area contributed by atoms with Gasteiger partial charge in [0.05, 0.1) is 15.7 Å². The topological polar surface area (TPSA) is 69.6 Å². The number of hydrogen-bond acceptors (Lipinski definition) is 4. The summed E-state index contributed by atoms with van der Waals surface area (Å²) in [6, 6.07) is 11.0. The summed E-state index contributed by atoms with van der Waals surface area (Å²) in [7, 11) is 0. The molecule has 1 heterocycles. The minimum Gasteiger partial charge on any atom is -0.506 e. The summed E-state index contributed by atoms with van der Waals surface area (Å²) in [5.41, 5.74) is 0.720. The average Bonchev–Trinajstić information content (AvgIpc) is 2.56. The summed E-state index contributed by atoms with van der Waals surface area (Å²) in [6.07, 6.45) is 1.37. The molecule has 8 heteroatoms. The molecule has 2 amide bonds. The van der Waals surface area contributed by atoms with Crippen LogP contribution in [-0.2, 0) is 9.59 Å². The molecule has 0 bridgehead atoms. The number of aromatic hydroxyl groups is 1. The highest BCUT2D eigenvalue weighted by molar-refractivity contribution is 7.80. The molecule has 1 aliphatic rings. The van der Waals surface area contributed by atoms with Gasteiger partial charge in [-0.2, -0.15) is 0 Å². The van der Waals surface area contributed by atoms with Gasteiger partial charge in [-0.25, -0.2) is 0 Å². The van der Waals surface area contributed by atoms with E-state index in [0.29, 0.717) is 16.3 Å². The predicted molar refractivity (Wildman–Crippen MR) is 101 cm³/mol. The third kappa shape index (κ3) is 3.37. The van der Waals surface area contributed by atoms with Crippen molar-refractivity contribution in [1.29, 1.82) is 0 Å². The van der Waals surface area contributed by atoms with Crippen molar-refractivity contribution < 1.29 is 14.7 Å². The van der Waals surface area contributed by atoms with E-state index in [4.69, 9.17) is 35.4 Å². The first-order chi connectivity index (χ1) is 11.9. The van der Waals surface area contributed by atoms with Gasteiger partial charge in [0.2, 0.25) is 0 Å². The Labute approximate surface area is 158 Å². The number of phenolic OH excluding ortho intramolecular Hbond substituents is 1. The van der Waals surface area contributed by atoms with E-state index >= 15 is 0 Å². The normalized spacial score (nSPS) is 16.3. The Bertz CT molecular complexity index is 943. The number of carbonyl (C=O) groups excluding carboxylic acids is 2. The van der Waals surface area contributed by atoms with Gasteiger partial charge in [0.1, 0.15) is 11.3 Å². The van der Waals surface area contributed by atoms with E-state index < -0.39 is 11.8 Å². The van der Waals surface area contributed by atoms with Gasteiger partial charge < -0.3 is 5.11 Å². The van der Waals surface area contributed by atoms with Crippen LogP contribution in [0.2, 0.25) is 10.0 Å². The number of anilines is 1. The fraction of sp³-hybridized carbons (Fsp3) is 0. The highest BCUT2D eigenvalue weighted by atomic mass is 35.5. The van der Waals surface area contributed by atoms with Crippen LogP contribution in [0.25, 0.3) is 6.08 Å². The summed E-state index contributed by atoms with van der Waals surface area (Å²) < 4.78 is 0. The number of rotatable bonds is 2. The van der Waals surface area contributed by atoms with Crippen LogP contribution in [0.4, 0.5) is 5.69 Å². The number of amides is 2. The maximum absolute atomic E-state index is 12.8. The molecule has 0 unspecified atom stereocenters. The van der Waals surface area contributed by atoms with Crippen molar-refractivity contribution in [3.63, 3.8) is 0 Å². The zero-order valence-electron chi connectivity index (χ0n) is 12.5. The zero-order valence-corrected chi connectivity index (χ0v) is 14.8. The molecule has 126 valence electrons. The smallest absolute Gasteiger partial charge is 0.270 e. The summed E-state index contributed by atoms with van der Waals surface area (Å²) in [5.74, 6) is -1.32. The van der Waals surface area contributed by atoms with Gasteiger partial charge in [-0.1, -0.05) is 41.4 Å². The lowest BCUT2D eigenvalue weighted by atomic mass is 10.1. The van der Waals surface area contributed by atoms with Gasteiger partial charge in [0.15, 0.2) is 5.11 Å². The van der Waals surface area contributed by atoms with Gasteiger partial charge in [0, 0.05) is 0 Å². The van der Waals surface area contributed by atoms with Gasteiger partial charge in [-0.15, -0.1) is 0 Å². The van der Waals surface area contributed by atoms with Crippen molar-refractivity contribution in [2.24, 2.45) is 0 Å². The first-order valence-corrected chi connectivity index (χ1v) is 8.19. The van der Waals surface area contributed by atoms with Crippen LogP contribution >= 0.6 is 35.4 Å². The highest BCUT2D eigenvalue weighted by Gasteiger charge is 2.35. The lowest BCUT2D eigenvalue weighted by Crippen LogP contribution is -2.54. The average molecular weight is 393 g/mol. The number of phenols is 1. The molecule has 5 nitrogen and oxygen atoms in total. The summed E-state index contributed by atoms with van der Waals surface area (Å²) >= 11 is 17.1. The van der Waals surface area contributed by atoms with E-state index in [9.17, 15) is 14.7 Å². The Morgan fingerprint density at radius 3 is 2.48 bits per heavy atom. The summed E-state index contributed by atoms with van der Waals surface area (Å²) in [4.78, 5) is 26.2. The van der Waals surface area contributed by atoms with Gasteiger partial charge in [-0.05, 0) is 48.1 Å². The van der Waals surface area contributed by atoms with Crippen LogP contribution in [0.5, 0.6) is 5.75 Å². The number of nitrogens with zero attached hydrogens (tertiary/aromatic N) is 1. The van der Waals surface area contributed by atoms with E-state index in [1.807, 2.05) is 0 Å².